The van der Waals surface area contributed by atoms with Gasteiger partial charge in [0.25, 0.3) is 5.91 Å². The van der Waals surface area contributed by atoms with Gasteiger partial charge < -0.3 is 14.5 Å². The smallest absolute Gasteiger partial charge is 0.282 e. The molecular formula is C25H26N4O3S. The van der Waals surface area contributed by atoms with Crippen LogP contribution in [0.15, 0.2) is 60.1 Å². The van der Waals surface area contributed by atoms with Gasteiger partial charge in [0.1, 0.15) is 11.5 Å². The average Bonchev–Trinajstić information content (AvgIpc) is 3.51. The minimum Gasteiger partial charge on any atom is -0.457 e. The molecule has 0 aliphatic carbocycles. The molecule has 170 valence electrons. The van der Waals surface area contributed by atoms with E-state index in [1.807, 2.05) is 70.6 Å². The molecule has 3 aromatic rings. The fraction of sp³-hybridized carbons (Fsp3) is 0.320. The molecule has 0 spiro atoms. The molecule has 0 bridgehead atoms. The number of hydrogen-bond donors (Lipinski definition) is 0. The van der Waals surface area contributed by atoms with Crippen LogP contribution in [0.2, 0.25) is 0 Å². The highest BCUT2D eigenvalue weighted by molar-refractivity contribution is 7.11. The number of hydrogen-bond acceptors (Lipinski definition) is 6. The number of anilines is 1. The first kappa shape index (κ1) is 21.6. The predicted molar refractivity (Wildman–Crippen MR) is 128 cm³/mol. The molecule has 1 aromatic heterocycles. The number of piperazine rings is 1. The zero-order valence-corrected chi connectivity index (χ0v) is 19.3. The zero-order valence-electron chi connectivity index (χ0n) is 18.5. The highest BCUT2D eigenvalue weighted by Crippen LogP contribution is 2.30. The first-order valence-electron chi connectivity index (χ1n) is 11.1. The van der Waals surface area contributed by atoms with Crippen LogP contribution in [0.3, 0.4) is 0 Å². The van der Waals surface area contributed by atoms with Crippen molar-refractivity contribution >= 4 is 28.8 Å². The average molecular weight is 463 g/mol. The van der Waals surface area contributed by atoms with Gasteiger partial charge in [0, 0.05) is 68.5 Å². The summed E-state index contributed by atoms with van der Waals surface area (Å²) in [6.45, 7) is 5.52. The first-order chi connectivity index (χ1) is 16.1. The van der Waals surface area contributed by atoms with Crippen LogP contribution in [0.4, 0.5) is 5.69 Å². The molecule has 0 N–H and O–H groups in total. The maximum Gasteiger partial charge on any atom is 0.282 e. The maximum absolute atomic E-state index is 12.8. The summed E-state index contributed by atoms with van der Waals surface area (Å²) >= 11 is 1.37. The van der Waals surface area contributed by atoms with Crippen LogP contribution >= 0.6 is 11.3 Å². The van der Waals surface area contributed by atoms with Gasteiger partial charge >= 0.3 is 0 Å². The number of thiazole rings is 1. The molecule has 5 rings (SSSR count). The quantitative estimate of drug-likeness (QED) is 0.577. The molecule has 2 aliphatic rings. The van der Waals surface area contributed by atoms with Crippen LogP contribution in [0, 0.1) is 6.92 Å². The van der Waals surface area contributed by atoms with E-state index >= 15 is 0 Å². The second-order valence-electron chi connectivity index (χ2n) is 8.44. The Hall–Kier alpha value is -3.23. The molecule has 2 saturated heterocycles. The number of rotatable bonds is 5. The number of nitrogens with zero attached hydrogens (tertiary/aromatic N) is 4. The van der Waals surface area contributed by atoms with E-state index in [1.165, 1.54) is 16.9 Å². The topological polar surface area (TPSA) is 66.0 Å². The molecule has 1 unspecified atom stereocenters. The molecule has 33 heavy (non-hydrogen) atoms. The second-order valence-corrected chi connectivity index (χ2v) is 9.33. The molecule has 2 fully saturated rings. The van der Waals surface area contributed by atoms with E-state index in [4.69, 9.17) is 4.74 Å². The Bertz CT molecular complexity index is 1120. The van der Waals surface area contributed by atoms with Gasteiger partial charge in [-0.25, -0.2) is 4.98 Å². The number of aryl methyl sites for hydroxylation is 1. The normalized spacial score (nSPS) is 19.2. The molecule has 8 heteroatoms. The lowest BCUT2D eigenvalue weighted by molar-refractivity contribution is -0.117. The monoisotopic (exact) mass is 462 g/mol. The van der Waals surface area contributed by atoms with Crippen LogP contribution < -0.4 is 9.64 Å². The molecule has 0 saturated carbocycles. The second kappa shape index (κ2) is 9.33. The summed E-state index contributed by atoms with van der Waals surface area (Å²) in [6, 6.07) is 15.8. The summed E-state index contributed by atoms with van der Waals surface area (Å²) in [6.07, 6.45) is 2.15. The number of ether oxygens (including phenoxy) is 1. The Morgan fingerprint density at radius 2 is 1.85 bits per heavy atom. The molecule has 7 nitrogen and oxygen atoms in total. The number of aromatic nitrogens is 1. The number of carbonyl (C=O) groups is 2. The van der Waals surface area contributed by atoms with E-state index in [0.29, 0.717) is 36.8 Å². The Morgan fingerprint density at radius 3 is 2.58 bits per heavy atom. The Morgan fingerprint density at radius 1 is 1.06 bits per heavy atom. The van der Waals surface area contributed by atoms with E-state index in [1.54, 1.807) is 6.20 Å². The summed E-state index contributed by atoms with van der Waals surface area (Å²) in [4.78, 5) is 35.6. The highest BCUT2D eigenvalue weighted by Gasteiger charge is 2.36. The molecule has 1 atom stereocenters. The molecule has 3 heterocycles. The van der Waals surface area contributed by atoms with Gasteiger partial charge in [0.15, 0.2) is 5.01 Å². The zero-order chi connectivity index (χ0) is 22.8. The fourth-order valence-corrected chi connectivity index (χ4v) is 5.00. The molecule has 2 amide bonds. The van der Waals surface area contributed by atoms with Gasteiger partial charge in [-0.05, 0) is 31.2 Å². The largest absolute Gasteiger partial charge is 0.457 e. The third-order valence-electron chi connectivity index (χ3n) is 6.22. The van der Waals surface area contributed by atoms with Crippen molar-refractivity contribution in [2.45, 2.75) is 19.4 Å². The van der Waals surface area contributed by atoms with Gasteiger partial charge in [0.05, 0.1) is 0 Å². The van der Waals surface area contributed by atoms with Crippen molar-refractivity contribution in [1.82, 2.24) is 14.8 Å². The standard InChI is InChI=1S/C25H26N4O3S/c1-18-5-7-21(8-6-18)32-22-4-2-3-19(15-22)29-17-20(16-23(29)30)27-10-12-28(13-11-27)25(31)24-26-9-14-33-24/h2-9,14-15,20H,10-13,16-17H2,1H3. The number of amides is 2. The lowest BCUT2D eigenvalue weighted by atomic mass is 10.2. The van der Waals surface area contributed by atoms with E-state index in [2.05, 4.69) is 9.88 Å². The summed E-state index contributed by atoms with van der Waals surface area (Å²) < 4.78 is 5.99. The van der Waals surface area contributed by atoms with E-state index in [9.17, 15) is 9.59 Å². The lowest BCUT2D eigenvalue weighted by Crippen LogP contribution is -2.52. The highest BCUT2D eigenvalue weighted by atomic mass is 32.1. The SMILES string of the molecule is Cc1ccc(Oc2cccc(N3CC(N4CCN(C(=O)c5nccs5)CC4)CC3=O)c2)cc1. The van der Waals surface area contributed by atoms with Gasteiger partial charge in [-0.3, -0.25) is 14.5 Å². The van der Waals surface area contributed by atoms with Crippen LogP contribution in [-0.4, -0.2) is 65.4 Å². The van der Waals surface area contributed by atoms with Crippen molar-refractivity contribution in [1.29, 1.82) is 0 Å². The molecule has 0 radical (unpaired) electrons. The summed E-state index contributed by atoms with van der Waals surface area (Å²) in [5.74, 6) is 1.60. The van der Waals surface area contributed by atoms with Crippen LogP contribution in [0.1, 0.15) is 21.8 Å². The number of benzene rings is 2. The van der Waals surface area contributed by atoms with E-state index in [-0.39, 0.29) is 17.9 Å². The van der Waals surface area contributed by atoms with E-state index < -0.39 is 0 Å². The predicted octanol–water partition coefficient (Wildman–Crippen LogP) is 3.81. The van der Waals surface area contributed by atoms with Crippen molar-refractivity contribution in [3.8, 4) is 11.5 Å². The van der Waals surface area contributed by atoms with Crippen molar-refractivity contribution < 1.29 is 14.3 Å². The van der Waals surface area contributed by atoms with E-state index in [0.717, 1.165) is 24.5 Å². The maximum atomic E-state index is 12.8. The van der Waals surface area contributed by atoms with Crippen LogP contribution in [0.25, 0.3) is 0 Å². The lowest BCUT2D eigenvalue weighted by Gasteiger charge is -2.37. The van der Waals surface area contributed by atoms with Crippen LogP contribution in [-0.2, 0) is 4.79 Å². The fourth-order valence-electron chi connectivity index (χ4n) is 4.39. The first-order valence-corrected chi connectivity index (χ1v) is 12.0. The Kier molecular flexibility index (Phi) is 6.11. The Labute approximate surface area is 197 Å². The summed E-state index contributed by atoms with van der Waals surface area (Å²) in [7, 11) is 0. The van der Waals surface area contributed by atoms with Crippen LogP contribution in [0.5, 0.6) is 11.5 Å². The summed E-state index contributed by atoms with van der Waals surface area (Å²) in [5, 5.41) is 2.36. The van der Waals surface area contributed by atoms with Crippen molar-refractivity contribution in [2.75, 3.05) is 37.6 Å². The Balaban J connectivity index is 1.20. The van der Waals surface area contributed by atoms with Gasteiger partial charge in [0.2, 0.25) is 5.91 Å². The minimum absolute atomic E-state index is 0.000772. The third-order valence-corrected chi connectivity index (χ3v) is 6.98. The minimum atomic E-state index is -0.000772. The molecular weight excluding hydrogens is 436 g/mol. The van der Waals surface area contributed by atoms with Crippen molar-refractivity contribution in [2.24, 2.45) is 0 Å². The summed E-state index contributed by atoms with van der Waals surface area (Å²) in [5.41, 5.74) is 2.03. The van der Waals surface area contributed by atoms with Gasteiger partial charge in [-0.2, -0.15) is 0 Å². The number of carbonyl (C=O) groups excluding carboxylic acids is 2. The van der Waals surface area contributed by atoms with Gasteiger partial charge in [-0.1, -0.05) is 23.8 Å². The third kappa shape index (κ3) is 4.77. The van der Waals surface area contributed by atoms with Gasteiger partial charge in [-0.15, -0.1) is 11.3 Å². The molecule has 2 aromatic carbocycles. The van der Waals surface area contributed by atoms with Crippen molar-refractivity contribution in [3.63, 3.8) is 0 Å². The molecule has 2 aliphatic heterocycles. The van der Waals surface area contributed by atoms with Crippen molar-refractivity contribution in [3.05, 3.63) is 70.7 Å².